The maximum absolute atomic E-state index is 11.8. The van der Waals surface area contributed by atoms with Gasteiger partial charge >= 0.3 is 0 Å². The zero-order valence-corrected chi connectivity index (χ0v) is 8.75. The highest BCUT2D eigenvalue weighted by atomic mass is 32.2. The van der Waals surface area contributed by atoms with Crippen molar-refractivity contribution >= 4 is 10.8 Å². The summed E-state index contributed by atoms with van der Waals surface area (Å²) >= 11 is 0. The molecule has 0 radical (unpaired) electrons. The first-order chi connectivity index (χ1) is 6.13. The summed E-state index contributed by atoms with van der Waals surface area (Å²) in [6.45, 7) is 3.79. The Labute approximate surface area is 81.6 Å². The molecule has 1 aromatic carbocycles. The van der Waals surface area contributed by atoms with Crippen molar-refractivity contribution in [1.82, 2.24) is 0 Å². The van der Waals surface area contributed by atoms with Crippen molar-refractivity contribution in [2.45, 2.75) is 30.0 Å². The van der Waals surface area contributed by atoms with E-state index in [0.29, 0.717) is 0 Å². The number of benzene rings is 1. The third-order valence-corrected chi connectivity index (χ3v) is 3.90. The Kier molecular flexibility index (Phi) is 3.63. The van der Waals surface area contributed by atoms with Gasteiger partial charge in [-0.2, -0.15) is 0 Å². The Morgan fingerprint density at radius 1 is 1.23 bits per heavy atom. The highest BCUT2D eigenvalue weighted by molar-refractivity contribution is 7.85. The van der Waals surface area contributed by atoms with Gasteiger partial charge in [0.1, 0.15) is 0 Å². The van der Waals surface area contributed by atoms with Gasteiger partial charge in [-0.3, -0.25) is 4.21 Å². The summed E-state index contributed by atoms with van der Waals surface area (Å²) in [5.41, 5.74) is 5.68. The molecule has 2 N–H and O–H groups in total. The zero-order valence-electron chi connectivity index (χ0n) is 7.94. The van der Waals surface area contributed by atoms with Crippen LogP contribution in [-0.2, 0) is 10.8 Å². The minimum Gasteiger partial charge on any atom is -0.327 e. The second-order valence-corrected chi connectivity index (χ2v) is 4.98. The van der Waals surface area contributed by atoms with Crippen LogP contribution in [0.25, 0.3) is 0 Å². The van der Waals surface area contributed by atoms with Gasteiger partial charge in [0.2, 0.25) is 0 Å². The molecule has 3 unspecified atom stereocenters. The molecule has 0 amide bonds. The van der Waals surface area contributed by atoms with Crippen molar-refractivity contribution in [3.05, 3.63) is 30.3 Å². The van der Waals surface area contributed by atoms with Gasteiger partial charge in [-0.25, -0.2) is 0 Å². The van der Waals surface area contributed by atoms with Crippen LogP contribution in [0.3, 0.4) is 0 Å². The van der Waals surface area contributed by atoms with Gasteiger partial charge in [-0.05, 0) is 26.0 Å². The summed E-state index contributed by atoms with van der Waals surface area (Å²) in [7, 11) is -0.983. The summed E-state index contributed by atoms with van der Waals surface area (Å²) < 4.78 is 11.8. The molecule has 0 bridgehead atoms. The van der Waals surface area contributed by atoms with E-state index in [0.717, 1.165) is 4.90 Å². The van der Waals surface area contributed by atoms with Crippen LogP contribution in [-0.4, -0.2) is 15.5 Å². The number of hydrogen-bond donors (Lipinski definition) is 1. The Hall–Kier alpha value is -0.670. The lowest BCUT2D eigenvalue weighted by Gasteiger charge is -2.14. The van der Waals surface area contributed by atoms with E-state index in [1.807, 2.05) is 44.2 Å². The second kappa shape index (κ2) is 4.53. The third-order valence-electron chi connectivity index (χ3n) is 2.05. The zero-order chi connectivity index (χ0) is 9.84. The fourth-order valence-electron chi connectivity index (χ4n) is 0.964. The van der Waals surface area contributed by atoms with E-state index in [-0.39, 0.29) is 11.3 Å². The molecule has 1 rings (SSSR count). The molecule has 72 valence electrons. The van der Waals surface area contributed by atoms with E-state index in [1.165, 1.54) is 0 Å². The molecule has 0 saturated carbocycles. The molecule has 3 heteroatoms. The lowest BCUT2D eigenvalue weighted by Crippen LogP contribution is -2.32. The van der Waals surface area contributed by atoms with Crippen LogP contribution in [0.15, 0.2) is 35.2 Å². The van der Waals surface area contributed by atoms with E-state index < -0.39 is 10.8 Å². The van der Waals surface area contributed by atoms with Gasteiger partial charge < -0.3 is 5.73 Å². The molecule has 0 aliphatic rings. The summed E-state index contributed by atoms with van der Waals surface area (Å²) in [5.74, 6) is 0. The maximum atomic E-state index is 11.8. The molecule has 2 nitrogen and oxygen atoms in total. The minimum absolute atomic E-state index is 0.00222. The van der Waals surface area contributed by atoms with E-state index in [4.69, 9.17) is 5.73 Å². The molecular weight excluding hydrogens is 182 g/mol. The predicted octanol–water partition coefficient (Wildman–Crippen LogP) is 1.53. The molecule has 0 heterocycles. The van der Waals surface area contributed by atoms with Gasteiger partial charge in [-0.1, -0.05) is 18.2 Å². The molecule has 1 aromatic rings. The molecule has 3 atom stereocenters. The Morgan fingerprint density at radius 3 is 2.23 bits per heavy atom. The standard InChI is InChI=1S/C10H15NOS/c1-8(11)9(2)13(12)10-6-4-3-5-7-10/h3-9H,11H2,1-2H3. The third kappa shape index (κ3) is 2.64. The highest BCUT2D eigenvalue weighted by Gasteiger charge is 2.16. The molecule has 0 fully saturated rings. The van der Waals surface area contributed by atoms with Gasteiger partial charge in [0.15, 0.2) is 0 Å². The SMILES string of the molecule is CC(N)C(C)S(=O)c1ccccc1. The summed E-state index contributed by atoms with van der Waals surface area (Å²) in [6, 6.07) is 9.39. The first-order valence-corrected chi connectivity index (χ1v) is 5.55. The predicted molar refractivity (Wildman–Crippen MR) is 56.0 cm³/mol. The van der Waals surface area contributed by atoms with Crippen LogP contribution in [0, 0.1) is 0 Å². The first-order valence-electron chi connectivity index (χ1n) is 4.34. The fraction of sp³-hybridized carbons (Fsp3) is 0.400. The quantitative estimate of drug-likeness (QED) is 0.798. The van der Waals surface area contributed by atoms with Crippen molar-refractivity contribution in [2.24, 2.45) is 5.73 Å². The summed E-state index contributed by atoms with van der Waals surface area (Å²) in [6.07, 6.45) is 0. The lowest BCUT2D eigenvalue weighted by atomic mass is 10.3. The molecule has 13 heavy (non-hydrogen) atoms. The first kappa shape index (κ1) is 10.4. The van der Waals surface area contributed by atoms with Crippen LogP contribution in [0.5, 0.6) is 0 Å². The fourth-order valence-corrected chi connectivity index (χ4v) is 2.21. The Morgan fingerprint density at radius 2 is 1.77 bits per heavy atom. The summed E-state index contributed by atoms with van der Waals surface area (Å²) in [5, 5.41) is 0.00222. The Bertz CT molecular complexity index is 284. The van der Waals surface area contributed by atoms with E-state index >= 15 is 0 Å². The molecule has 0 saturated heterocycles. The van der Waals surface area contributed by atoms with Crippen molar-refractivity contribution in [1.29, 1.82) is 0 Å². The lowest BCUT2D eigenvalue weighted by molar-refractivity contribution is 0.649. The van der Waals surface area contributed by atoms with E-state index in [9.17, 15) is 4.21 Å². The van der Waals surface area contributed by atoms with Crippen molar-refractivity contribution < 1.29 is 4.21 Å². The van der Waals surface area contributed by atoms with Crippen LogP contribution < -0.4 is 5.73 Å². The van der Waals surface area contributed by atoms with Gasteiger partial charge in [0.25, 0.3) is 0 Å². The van der Waals surface area contributed by atoms with Gasteiger partial charge in [-0.15, -0.1) is 0 Å². The Balaban J connectivity index is 2.80. The number of hydrogen-bond acceptors (Lipinski definition) is 2. The van der Waals surface area contributed by atoms with Gasteiger partial charge in [0, 0.05) is 10.9 Å². The monoisotopic (exact) mass is 197 g/mol. The second-order valence-electron chi connectivity index (χ2n) is 3.17. The molecular formula is C10H15NOS. The number of nitrogens with two attached hydrogens (primary N) is 1. The van der Waals surface area contributed by atoms with Crippen LogP contribution in [0.4, 0.5) is 0 Å². The van der Waals surface area contributed by atoms with Crippen molar-refractivity contribution in [2.75, 3.05) is 0 Å². The summed E-state index contributed by atoms with van der Waals surface area (Å²) in [4.78, 5) is 0.854. The minimum atomic E-state index is -0.983. The number of rotatable bonds is 3. The van der Waals surface area contributed by atoms with E-state index in [2.05, 4.69) is 0 Å². The average molecular weight is 197 g/mol. The smallest absolute Gasteiger partial charge is 0.0573 e. The van der Waals surface area contributed by atoms with Crippen LogP contribution in [0.1, 0.15) is 13.8 Å². The average Bonchev–Trinajstić information content (AvgIpc) is 2.17. The molecule has 0 spiro atoms. The van der Waals surface area contributed by atoms with Crippen molar-refractivity contribution in [3.8, 4) is 0 Å². The molecule has 0 aliphatic carbocycles. The highest BCUT2D eigenvalue weighted by Crippen LogP contribution is 2.11. The largest absolute Gasteiger partial charge is 0.327 e. The van der Waals surface area contributed by atoms with Crippen molar-refractivity contribution in [3.63, 3.8) is 0 Å². The normalized spacial score (nSPS) is 17.8. The van der Waals surface area contributed by atoms with Gasteiger partial charge in [0.05, 0.1) is 16.0 Å². The van der Waals surface area contributed by atoms with Crippen LogP contribution in [0.2, 0.25) is 0 Å². The maximum Gasteiger partial charge on any atom is 0.0573 e. The topological polar surface area (TPSA) is 43.1 Å². The molecule has 0 aliphatic heterocycles. The van der Waals surface area contributed by atoms with E-state index in [1.54, 1.807) is 0 Å². The molecule has 0 aromatic heterocycles. The van der Waals surface area contributed by atoms with Crippen LogP contribution >= 0.6 is 0 Å².